The monoisotopic (exact) mass is 317 g/mol. The summed E-state index contributed by atoms with van der Waals surface area (Å²) in [5.41, 5.74) is -0.00241. The largest absolute Gasteiger partial charge is 0.539 e. The molecule has 5 nitrogen and oxygen atoms in total. The van der Waals surface area contributed by atoms with Crippen LogP contribution in [0.25, 0.3) is 0 Å². The van der Waals surface area contributed by atoms with Crippen LogP contribution < -0.4 is 4.43 Å². The molecule has 0 aromatic heterocycles. The van der Waals surface area contributed by atoms with E-state index in [1.54, 1.807) is 0 Å². The first kappa shape index (κ1) is 13.9. The van der Waals surface area contributed by atoms with Crippen LogP contribution in [-0.2, 0) is 0 Å². The summed E-state index contributed by atoms with van der Waals surface area (Å²) in [6.07, 6.45) is 0.563. The average Bonchev–Trinajstić information content (AvgIpc) is 2.17. The van der Waals surface area contributed by atoms with Crippen molar-refractivity contribution < 1.29 is 14.1 Å². The Kier molecular flexibility index (Phi) is 4.05. The predicted octanol–water partition coefficient (Wildman–Crippen LogP) is 3.38. The fourth-order valence-corrected chi connectivity index (χ4v) is 2.54. The number of aldehydes is 1. The number of hydrogen-bond acceptors (Lipinski definition) is 4. The lowest BCUT2D eigenvalue weighted by atomic mass is 10.2. The highest BCUT2D eigenvalue weighted by Crippen LogP contribution is 2.35. The molecule has 17 heavy (non-hydrogen) atoms. The van der Waals surface area contributed by atoms with Gasteiger partial charge in [-0.1, -0.05) is 15.9 Å². The molecule has 0 heterocycles. The third-order valence-corrected chi connectivity index (χ3v) is 3.07. The molecule has 1 aromatic carbocycles. The van der Waals surface area contributed by atoms with Gasteiger partial charge in [0.1, 0.15) is 0 Å². The Morgan fingerprint density at radius 2 is 2.00 bits per heavy atom. The molecular weight excluding hydrogens is 306 g/mol. The van der Waals surface area contributed by atoms with Crippen LogP contribution in [0.1, 0.15) is 10.4 Å². The second-order valence-electron chi connectivity index (χ2n) is 4.43. The van der Waals surface area contributed by atoms with Gasteiger partial charge in [-0.25, -0.2) is 0 Å². The topological polar surface area (TPSA) is 69.4 Å². The minimum Gasteiger partial charge on any atom is -0.539 e. The number of carbonyl (C=O) groups is 1. The smallest absolute Gasteiger partial charge is 0.311 e. The van der Waals surface area contributed by atoms with Gasteiger partial charge >= 0.3 is 5.69 Å². The van der Waals surface area contributed by atoms with Crippen LogP contribution in [-0.4, -0.2) is 19.5 Å². The molecule has 0 saturated heterocycles. The molecule has 0 radical (unpaired) electrons. The summed E-state index contributed by atoms with van der Waals surface area (Å²) in [5.74, 6) is 0.0624. The number of nitrogens with zero attached hydrogens (tertiary/aromatic N) is 1. The molecule has 0 aliphatic carbocycles. The van der Waals surface area contributed by atoms with Crippen LogP contribution in [0.4, 0.5) is 5.69 Å². The summed E-state index contributed by atoms with van der Waals surface area (Å²) in [4.78, 5) is 21.3. The molecule has 0 N–H and O–H groups in total. The van der Waals surface area contributed by atoms with E-state index in [4.69, 9.17) is 4.43 Å². The first-order valence-corrected chi connectivity index (χ1v) is 9.07. The van der Waals surface area contributed by atoms with Crippen molar-refractivity contribution in [3.63, 3.8) is 0 Å². The van der Waals surface area contributed by atoms with Gasteiger partial charge in [-0.2, -0.15) is 0 Å². The maximum Gasteiger partial charge on any atom is 0.311 e. The standard InChI is InChI=1S/C10H12BrNO4Si/c1-17(2,3)16-10-7(6-13)4-8(11)5-9(10)12(14)15/h4-6H,1-3H3. The quantitative estimate of drug-likeness (QED) is 0.369. The van der Waals surface area contributed by atoms with Crippen LogP contribution in [0.15, 0.2) is 16.6 Å². The molecule has 0 saturated carbocycles. The summed E-state index contributed by atoms with van der Waals surface area (Å²) >= 11 is 3.13. The van der Waals surface area contributed by atoms with Crippen molar-refractivity contribution in [1.29, 1.82) is 0 Å². The third-order valence-electron chi connectivity index (χ3n) is 1.79. The first-order chi connectivity index (χ1) is 7.74. The lowest BCUT2D eigenvalue weighted by Crippen LogP contribution is -2.30. The molecule has 0 unspecified atom stereocenters. The van der Waals surface area contributed by atoms with Crippen LogP contribution in [0.3, 0.4) is 0 Å². The summed E-state index contributed by atoms with van der Waals surface area (Å²) < 4.78 is 6.10. The molecular formula is C10H12BrNO4Si. The molecule has 0 atom stereocenters. The van der Waals surface area contributed by atoms with Crippen LogP contribution in [0, 0.1) is 10.1 Å². The fourth-order valence-electron chi connectivity index (χ4n) is 1.24. The van der Waals surface area contributed by atoms with E-state index >= 15 is 0 Å². The minimum atomic E-state index is -2.02. The highest BCUT2D eigenvalue weighted by Gasteiger charge is 2.26. The van der Waals surface area contributed by atoms with E-state index in [0.717, 1.165) is 0 Å². The van der Waals surface area contributed by atoms with Gasteiger partial charge in [0.2, 0.25) is 8.32 Å². The van der Waals surface area contributed by atoms with E-state index in [1.807, 2.05) is 19.6 Å². The van der Waals surface area contributed by atoms with Gasteiger partial charge in [-0.3, -0.25) is 14.9 Å². The maximum absolute atomic E-state index is 10.9. The van der Waals surface area contributed by atoms with Gasteiger partial charge in [0.25, 0.3) is 0 Å². The summed E-state index contributed by atoms with van der Waals surface area (Å²) in [5, 5.41) is 10.9. The van der Waals surface area contributed by atoms with Crippen molar-refractivity contribution >= 4 is 36.2 Å². The Labute approximate surface area is 108 Å². The number of rotatable bonds is 4. The van der Waals surface area contributed by atoms with Gasteiger partial charge in [0.15, 0.2) is 12.0 Å². The first-order valence-electron chi connectivity index (χ1n) is 4.87. The van der Waals surface area contributed by atoms with Crippen LogP contribution in [0.2, 0.25) is 19.6 Å². The van der Waals surface area contributed by atoms with Gasteiger partial charge in [-0.15, -0.1) is 0 Å². The van der Waals surface area contributed by atoms with Crippen molar-refractivity contribution in [3.8, 4) is 5.75 Å². The SMILES string of the molecule is C[Si](C)(C)Oc1c(C=O)cc(Br)cc1[N+](=O)[O-]. The second kappa shape index (κ2) is 4.97. The van der Waals surface area contributed by atoms with Gasteiger partial charge in [0.05, 0.1) is 10.5 Å². The van der Waals surface area contributed by atoms with Gasteiger partial charge in [0, 0.05) is 10.5 Å². The predicted molar refractivity (Wildman–Crippen MR) is 70.2 cm³/mol. The Hall–Kier alpha value is -1.21. The molecule has 92 valence electrons. The summed E-state index contributed by atoms with van der Waals surface area (Å²) in [6, 6.07) is 2.85. The lowest BCUT2D eigenvalue weighted by Gasteiger charge is -2.20. The minimum absolute atomic E-state index is 0.0624. The summed E-state index contributed by atoms with van der Waals surface area (Å²) in [7, 11) is -2.02. The third kappa shape index (κ3) is 3.64. The summed E-state index contributed by atoms with van der Waals surface area (Å²) in [6.45, 7) is 5.69. The molecule has 0 spiro atoms. The fraction of sp³-hybridized carbons (Fsp3) is 0.300. The number of benzene rings is 1. The van der Waals surface area contributed by atoms with Crippen molar-refractivity contribution in [1.82, 2.24) is 0 Å². The molecule has 7 heteroatoms. The van der Waals surface area contributed by atoms with E-state index in [2.05, 4.69) is 15.9 Å². The van der Waals surface area contributed by atoms with Crippen LogP contribution in [0.5, 0.6) is 5.75 Å². The number of hydrogen-bond donors (Lipinski definition) is 0. The second-order valence-corrected chi connectivity index (χ2v) is 9.78. The highest BCUT2D eigenvalue weighted by atomic mass is 79.9. The zero-order chi connectivity index (χ0) is 13.2. The van der Waals surface area contributed by atoms with E-state index in [0.29, 0.717) is 10.8 Å². The average molecular weight is 318 g/mol. The number of nitro benzene ring substituents is 1. The molecule has 0 aliphatic heterocycles. The van der Waals surface area contributed by atoms with Crippen molar-refractivity contribution in [3.05, 3.63) is 32.3 Å². The molecule has 0 fully saturated rings. The molecule has 1 rings (SSSR count). The number of halogens is 1. The highest BCUT2D eigenvalue weighted by molar-refractivity contribution is 9.10. The Bertz CT molecular complexity index is 470. The number of carbonyl (C=O) groups excluding carboxylic acids is 1. The Morgan fingerprint density at radius 3 is 2.41 bits per heavy atom. The molecule has 1 aromatic rings. The molecule has 0 aliphatic rings. The van der Waals surface area contributed by atoms with Crippen molar-refractivity contribution in [2.75, 3.05) is 0 Å². The lowest BCUT2D eigenvalue weighted by molar-refractivity contribution is -0.385. The van der Waals surface area contributed by atoms with E-state index in [1.165, 1.54) is 12.1 Å². The Morgan fingerprint density at radius 1 is 1.41 bits per heavy atom. The van der Waals surface area contributed by atoms with E-state index in [9.17, 15) is 14.9 Å². The zero-order valence-corrected chi connectivity index (χ0v) is 12.3. The zero-order valence-electron chi connectivity index (χ0n) is 9.69. The van der Waals surface area contributed by atoms with Crippen molar-refractivity contribution in [2.45, 2.75) is 19.6 Å². The molecule has 0 bridgehead atoms. The van der Waals surface area contributed by atoms with Gasteiger partial charge < -0.3 is 4.43 Å². The normalized spacial score (nSPS) is 11.1. The molecule has 0 amide bonds. The number of nitro groups is 1. The van der Waals surface area contributed by atoms with Crippen LogP contribution >= 0.6 is 15.9 Å². The van der Waals surface area contributed by atoms with Crippen molar-refractivity contribution in [2.24, 2.45) is 0 Å². The maximum atomic E-state index is 10.9. The van der Waals surface area contributed by atoms with E-state index < -0.39 is 13.2 Å². The van der Waals surface area contributed by atoms with E-state index in [-0.39, 0.29) is 17.0 Å². The Balaban J connectivity index is 3.42. The van der Waals surface area contributed by atoms with Gasteiger partial charge in [-0.05, 0) is 25.7 Å².